The van der Waals surface area contributed by atoms with Gasteiger partial charge in [0.2, 0.25) is 0 Å². The average molecular weight is 489 g/mol. The van der Waals surface area contributed by atoms with Gasteiger partial charge >= 0.3 is 0 Å². The average Bonchev–Trinajstić information content (AvgIpc) is 3.59. The van der Waals surface area contributed by atoms with Crippen molar-refractivity contribution in [2.24, 2.45) is 4.99 Å². The molecule has 0 bridgehead atoms. The third-order valence-corrected chi connectivity index (χ3v) is 7.18. The highest BCUT2D eigenvalue weighted by Gasteiger charge is 2.32. The number of rotatable bonds is 8. The number of likely N-dealkylation sites (tertiary alicyclic amines) is 1. The Morgan fingerprint density at radius 3 is 2.94 bits per heavy atom. The number of hydrogen-bond acceptors (Lipinski definition) is 7. The van der Waals surface area contributed by atoms with Gasteiger partial charge in [-0.05, 0) is 26.0 Å². The number of nitrogens with one attached hydrogen (secondary N) is 1. The first kappa shape index (κ1) is 23.3. The van der Waals surface area contributed by atoms with Crippen LogP contribution in [0.25, 0.3) is 11.3 Å². The predicted molar refractivity (Wildman–Crippen MR) is 141 cm³/mol. The van der Waals surface area contributed by atoms with E-state index in [2.05, 4.69) is 38.1 Å². The summed E-state index contributed by atoms with van der Waals surface area (Å²) in [6.07, 6.45) is 12.8. The summed E-state index contributed by atoms with van der Waals surface area (Å²) in [4.78, 5) is 24.2. The lowest BCUT2D eigenvalue weighted by molar-refractivity contribution is 0.102. The minimum Gasteiger partial charge on any atom is -0.306 e. The number of allylic oxidation sites excluding steroid dienone is 5. The summed E-state index contributed by atoms with van der Waals surface area (Å²) in [5, 5.41) is 12.6. The zero-order valence-corrected chi connectivity index (χ0v) is 20.6. The SMILES string of the molecule is C=CC(C)=CC=C(C)n1nc(C2CN(CC3C=NCS3)C2)cc1NC(=O)c1cnn2cccnc12. The number of thioether (sulfide) groups is 1. The van der Waals surface area contributed by atoms with Crippen molar-refractivity contribution in [1.29, 1.82) is 0 Å². The smallest absolute Gasteiger partial charge is 0.262 e. The van der Waals surface area contributed by atoms with Crippen LogP contribution < -0.4 is 5.32 Å². The molecule has 2 aliphatic rings. The van der Waals surface area contributed by atoms with Crippen molar-refractivity contribution in [2.75, 3.05) is 30.8 Å². The van der Waals surface area contributed by atoms with Gasteiger partial charge in [0.05, 0.1) is 23.0 Å². The van der Waals surface area contributed by atoms with Gasteiger partial charge in [0.15, 0.2) is 5.65 Å². The van der Waals surface area contributed by atoms with E-state index in [1.165, 1.54) is 6.20 Å². The van der Waals surface area contributed by atoms with Gasteiger partial charge in [0.25, 0.3) is 5.91 Å². The highest BCUT2D eigenvalue weighted by Crippen LogP contribution is 2.31. The molecule has 1 amide bonds. The second-order valence-corrected chi connectivity index (χ2v) is 9.97. The van der Waals surface area contributed by atoms with Crippen LogP contribution >= 0.6 is 11.8 Å². The van der Waals surface area contributed by atoms with E-state index in [4.69, 9.17) is 5.10 Å². The second-order valence-electron chi connectivity index (χ2n) is 8.77. The van der Waals surface area contributed by atoms with E-state index in [0.717, 1.165) is 42.5 Å². The number of hydrogen-bond donors (Lipinski definition) is 1. The fourth-order valence-electron chi connectivity index (χ4n) is 4.12. The summed E-state index contributed by atoms with van der Waals surface area (Å²) in [6.45, 7) is 10.7. The molecule has 3 aromatic heterocycles. The molecular formula is C25H28N8OS. The molecule has 0 radical (unpaired) electrons. The molecule has 0 aromatic carbocycles. The van der Waals surface area contributed by atoms with Crippen molar-refractivity contribution >= 4 is 41.0 Å². The third-order valence-electron chi connectivity index (χ3n) is 6.19. The van der Waals surface area contributed by atoms with Gasteiger partial charge in [-0.1, -0.05) is 24.3 Å². The Morgan fingerprint density at radius 2 is 2.17 bits per heavy atom. The Hall–Kier alpha value is -3.50. The van der Waals surface area contributed by atoms with Crippen LogP contribution in [0.5, 0.6) is 0 Å². The molecule has 180 valence electrons. The van der Waals surface area contributed by atoms with Crippen molar-refractivity contribution in [3.05, 3.63) is 72.4 Å². The van der Waals surface area contributed by atoms with Crippen molar-refractivity contribution in [1.82, 2.24) is 29.3 Å². The van der Waals surface area contributed by atoms with Gasteiger partial charge < -0.3 is 10.2 Å². The van der Waals surface area contributed by atoms with Crippen LogP contribution in [0, 0.1) is 0 Å². The van der Waals surface area contributed by atoms with Crippen LogP contribution in [0.4, 0.5) is 5.82 Å². The molecule has 1 fully saturated rings. The number of fused-ring (bicyclic) bond motifs is 1. The van der Waals surface area contributed by atoms with Crippen LogP contribution in [0.2, 0.25) is 0 Å². The van der Waals surface area contributed by atoms with Crippen LogP contribution in [-0.4, -0.2) is 72.2 Å². The standard InChI is InChI=1S/C25H28N8OS/c1-4-17(2)6-7-18(3)33-23(29-25(34)21-12-28-32-9-5-8-27-24(21)32)10-22(30-33)19-13-31(14-19)15-20-11-26-16-35-20/h4-12,19-20H,1,13-16H2,2-3H3,(H,29,34). The lowest BCUT2D eigenvalue weighted by atomic mass is 9.96. The molecular weight excluding hydrogens is 460 g/mol. The first-order valence-electron chi connectivity index (χ1n) is 11.5. The molecule has 10 heteroatoms. The molecule has 3 aromatic rings. The van der Waals surface area contributed by atoms with Gasteiger partial charge in [-0.2, -0.15) is 10.2 Å². The van der Waals surface area contributed by atoms with Crippen LogP contribution in [-0.2, 0) is 0 Å². The van der Waals surface area contributed by atoms with Crippen molar-refractivity contribution in [3.8, 4) is 0 Å². The number of amides is 1. The molecule has 9 nitrogen and oxygen atoms in total. The van der Waals surface area contributed by atoms with Crippen LogP contribution in [0.1, 0.15) is 35.8 Å². The fourth-order valence-corrected chi connectivity index (χ4v) is 4.97. The molecule has 5 heterocycles. The fraction of sp³-hybridized carbons (Fsp3) is 0.320. The largest absolute Gasteiger partial charge is 0.306 e. The van der Waals surface area contributed by atoms with E-state index >= 15 is 0 Å². The van der Waals surface area contributed by atoms with Gasteiger partial charge in [-0.15, -0.1) is 11.8 Å². The number of carbonyl (C=O) groups is 1. The summed E-state index contributed by atoms with van der Waals surface area (Å²) in [5.41, 5.74) is 3.83. The van der Waals surface area contributed by atoms with E-state index in [1.54, 1.807) is 33.7 Å². The molecule has 0 aliphatic carbocycles. The highest BCUT2D eigenvalue weighted by molar-refractivity contribution is 8.00. The Kier molecular flexibility index (Phi) is 6.65. The molecule has 35 heavy (non-hydrogen) atoms. The molecule has 1 N–H and O–H groups in total. The zero-order valence-electron chi connectivity index (χ0n) is 19.8. The maximum Gasteiger partial charge on any atom is 0.262 e. The number of nitrogens with zero attached hydrogens (tertiary/aromatic N) is 7. The maximum atomic E-state index is 13.2. The van der Waals surface area contributed by atoms with E-state index in [1.807, 2.05) is 43.8 Å². The lowest BCUT2D eigenvalue weighted by Crippen LogP contribution is -2.47. The van der Waals surface area contributed by atoms with Crippen molar-refractivity contribution in [2.45, 2.75) is 25.0 Å². The number of aliphatic imine (C=N–C) groups is 1. The van der Waals surface area contributed by atoms with Crippen molar-refractivity contribution < 1.29 is 4.79 Å². The normalized spacial score (nSPS) is 19.3. The van der Waals surface area contributed by atoms with Gasteiger partial charge in [-0.25, -0.2) is 14.2 Å². The van der Waals surface area contributed by atoms with Gasteiger partial charge in [0, 0.05) is 55.9 Å². The minimum atomic E-state index is -0.273. The quantitative estimate of drug-likeness (QED) is 0.486. The molecule has 0 saturated carbocycles. The monoisotopic (exact) mass is 488 g/mol. The van der Waals surface area contributed by atoms with E-state index < -0.39 is 0 Å². The third kappa shape index (κ3) is 4.98. The number of anilines is 1. The molecule has 1 atom stereocenters. The molecule has 2 aliphatic heterocycles. The Morgan fingerprint density at radius 1 is 1.31 bits per heavy atom. The highest BCUT2D eigenvalue weighted by atomic mass is 32.2. The Bertz CT molecular complexity index is 1340. The lowest BCUT2D eigenvalue weighted by Gasteiger charge is -2.39. The topological polar surface area (TPSA) is 92.7 Å². The summed E-state index contributed by atoms with van der Waals surface area (Å²) >= 11 is 1.88. The summed E-state index contributed by atoms with van der Waals surface area (Å²) in [7, 11) is 0. The number of carbonyl (C=O) groups excluding carboxylic acids is 1. The van der Waals surface area contributed by atoms with E-state index in [0.29, 0.717) is 28.2 Å². The summed E-state index contributed by atoms with van der Waals surface area (Å²) < 4.78 is 3.38. The molecule has 1 saturated heterocycles. The minimum absolute atomic E-state index is 0.273. The molecule has 1 unspecified atom stereocenters. The van der Waals surface area contributed by atoms with E-state index in [-0.39, 0.29) is 5.91 Å². The van der Waals surface area contributed by atoms with E-state index in [9.17, 15) is 4.79 Å². The van der Waals surface area contributed by atoms with Crippen LogP contribution in [0.15, 0.2) is 66.1 Å². The zero-order chi connectivity index (χ0) is 24.4. The first-order valence-corrected chi connectivity index (χ1v) is 12.6. The number of aromatic nitrogens is 5. The summed E-state index contributed by atoms with van der Waals surface area (Å²) in [5.74, 6) is 1.54. The maximum absolute atomic E-state index is 13.2. The predicted octanol–water partition coefficient (Wildman–Crippen LogP) is 3.71. The Labute approximate surface area is 208 Å². The first-order chi connectivity index (χ1) is 17.0. The van der Waals surface area contributed by atoms with Crippen molar-refractivity contribution in [3.63, 3.8) is 0 Å². The summed E-state index contributed by atoms with van der Waals surface area (Å²) in [6, 6.07) is 3.75. The van der Waals surface area contributed by atoms with Crippen LogP contribution in [0.3, 0.4) is 0 Å². The van der Waals surface area contributed by atoms with Gasteiger partial charge in [-0.3, -0.25) is 9.79 Å². The Balaban J connectivity index is 1.38. The molecule has 0 spiro atoms. The van der Waals surface area contributed by atoms with Gasteiger partial charge in [0.1, 0.15) is 11.4 Å². The molecule has 5 rings (SSSR count). The second kappa shape index (κ2) is 10.0.